The molecule has 0 spiro atoms. The molecule has 1 unspecified atom stereocenters. The molecular weight excluding hydrogens is 344 g/mol. The Morgan fingerprint density at radius 2 is 2.11 bits per heavy atom. The first kappa shape index (κ1) is 17.0. The zero-order chi connectivity index (χ0) is 19.1. The van der Waals surface area contributed by atoms with Gasteiger partial charge in [0, 0.05) is 6.54 Å². The maximum Gasteiger partial charge on any atom is 0.249 e. The van der Waals surface area contributed by atoms with Crippen LogP contribution in [0.3, 0.4) is 0 Å². The van der Waals surface area contributed by atoms with Crippen LogP contribution in [0.5, 0.6) is 0 Å². The van der Waals surface area contributed by atoms with Crippen molar-refractivity contribution in [2.24, 2.45) is 0 Å². The van der Waals surface area contributed by atoms with E-state index in [2.05, 4.69) is 25.3 Å². The highest BCUT2D eigenvalue weighted by atomic mass is 16.2. The number of imidazole rings is 2. The molecule has 4 aromatic rings. The van der Waals surface area contributed by atoms with Gasteiger partial charge in [0.2, 0.25) is 11.9 Å². The second-order valence-corrected chi connectivity index (χ2v) is 6.42. The molecule has 1 atom stereocenters. The summed E-state index contributed by atoms with van der Waals surface area (Å²) in [5.74, 6) is 0.594. The lowest BCUT2D eigenvalue weighted by Crippen LogP contribution is -2.25. The Labute approximate surface area is 155 Å². The molecule has 3 N–H and O–H groups in total. The zero-order valence-electron chi connectivity index (χ0n) is 15.3. The molecule has 0 aliphatic heterocycles. The number of carbonyl (C=O) groups is 1. The number of nitrogens with two attached hydrogens (primary N) is 1. The molecule has 1 amide bonds. The number of hydrogen-bond donors (Lipinski definition) is 2. The van der Waals surface area contributed by atoms with Crippen molar-refractivity contribution >= 4 is 39.9 Å². The number of carbonyl (C=O) groups excluding carboxylic acids is 1. The van der Waals surface area contributed by atoms with Gasteiger partial charge in [-0.05, 0) is 38.5 Å². The molecule has 3 heterocycles. The Balaban J connectivity index is 1.67. The van der Waals surface area contributed by atoms with E-state index in [1.165, 1.54) is 6.33 Å². The molecule has 0 aliphatic carbocycles. The second kappa shape index (κ2) is 6.35. The van der Waals surface area contributed by atoms with Crippen molar-refractivity contribution in [3.63, 3.8) is 0 Å². The Bertz CT molecular complexity index is 1160. The van der Waals surface area contributed by atoms with Crippen LogP contribution in [0.4, 0.5) is 11.8 Å². The molecule has 0 bridgehead atoms. The number of rotatable bonds is 4. The summed E-state index contributed by atoms with van der Waals surface area (Å²) < 4.78 is 3.65. The fraction of sp³-hybridized carbons (Fsp3) is 0.278. The van der Waals surface area contributed by atoms with Gasteiger partial charge in [0.05, 0.1) is 17.4 Å². The average molecular weight is 364 g/mol. The van der Waals surface area contributed by atoms with Crippen LogP contribution in [-0.2, 0) is 11.3 Å². The number of fused-ring (bicyclic) bond motifs is 2. The molecule has 1 aromatic carbocycles. The molecule has 3 aromatic heterocycles. The van der Waals surface area contributed by atoms with Crippen LogP contribution in [-0.4, -0.2) is 35.0 Å². The number of aryl methyl sites for hydroxylation is 2. The van der Waals surface area contributed by atoms with Gasteiger partial charge in [-0.1, -0.05) is 6.07 Å². The van der Waals surface area contributed by atoms with Crippen LogP contribution >= 0.6 is 0 Å². The van der Waals surface area contributed by atoms with E-state index in [0.717, 1.165) is 16.6 Å². The number of aromatic nitrogens is 6. The topological polar surface area (TPSA) is 117 Å². The Morgan fingerprint density at radius 3 is 2.89 bits per heavy atom. The molecule has 0 aliphatic rings. The van der Waals surface area contributed by atoms with Gasteiger partial charge in [-0.3, -0.25) is 10.1 Å². The van der Waals surface area contributed by atoms with Gasteiger partial charge in [0.15, 0.2) is 11.5 Å². The van der Waals surface area contributed by atoms with E-state index in [1.54, 1.807) is 17.8 Å². The molecule has 0 saturated carbocycles. The Morgan fingerprint density at radius 1 is 1.30 bits per heavy atom. The molecule has 9 heteroatoms. The number of nitrogens with zero attached hydrogens (tertiary/aromatic N) is 6. The first-order chi connectivity index (χ1) is 13.0. The number of anilines is 2. The molecule has 9 nitrogen and oxygen atoms in total. The summed E-state index contributed by atoms with van der Waals surface area (Å²) in [4.78, 5) is 29.8. The first-order valence-electron chi connectivity index (χ1n) is 8.70. The number of amides is 1. The van der Waals surface area contributed by atoms with E-state index >= 15 is 0 Å². The summed E-state index contributed by atoms with van der Waals surface area (Å²) in [6.45, 7) is 6.50. The van der Waals surface area contributed by atoms with E-state index in [4.69, 9.17) is 5.73 Å². The highest BCUT2D eigenvalue weighted by Gasteiger charge is 2.21. The molecule has 4 rings (SSSR count). The minimum atomic E-state index is -0.545. The third-order valence-corrected chi connectivity index (χ3v) is 4.64. The standard InChI is InChI=1S/C18H20N8O/c1-4-25-13-6-5-10(2)7-12(13)23-18(25)24-17(27)11(3)26-9-22-14-15(19)20-8-21-16(14)26/h5-9,11H,4H2,1-3H3,(H2,19,20,21)(H,23,24,27). The third-order valence-electron chi connectivity index (χ3n) is 4.64. The van der Waals surface area contributed by atoms with Crippen LogP contribution < -0.4 is 11.1 Å². The largest absolute Gasteiger partial charge is 0.382 e. The van der Waals surface area contributed by atoms with Crippen LogP contribution in [0.2, 0.25) is 0 Å². The van der Waals surface area contributed by atoms with Gasteiger partial charge >= 0.3 is 0 Å². The normalized spacial score (nSPS) is 12.6. The zero-order valence-corrected chi connectivity index (χ0v) is 15.3. The molecule has 0 radical (unpaired) electrons. The minimum absolute atomic E-state index is 0.215. The van der Waals surface area contributed by atoms with Crippen molar-refractivity contribution in [1.82, 2.24) is 29.1 Å². The minimum Gasteiger partial charge on any atom is -0.382 e. The lowest BCUT2D eigenvalue weighted by atomic mass is 10.2. The number of nitrogens with one attached hydrogen (secondary N) is 1. The van der Waals surface area contributed by atoms with E-state index in [-0.39, 0.29) is 11.7 Å². The predicted molar refractivity (Wildman–Crippen MR) is 103 cm³/mol. The van der Waals surface area contributed by atoms with Crippen molar-refractivity contribution in [2.45, 2.75) is 33.4 Å². The maximum absolute atomic E-state index is 12.9. The Kier molecular flexibility index (Phi) is 3.98. The molecule has 138 valence electrons. The number of benzene rings is 1. The predicted octanol–water partition coefficient (Wildman–Crippen LogP) is 2.29. The average Bonchev–Trinajstić information content (AvgIpc) is 3.22. The first-order valence-corrected chi connectivity index (χ1v) is 8.70. The van der Waals surface area contributed by atoms with E-state index in [1.807, 2.05) is 36.6 Å². The smallest absolute Gasteiger partial charge is 0.249 e. The van der Waals surface area contributed by atoms with Crippen molar-refractivity contribution in [3.05, 3.63) is 36.4 Å². The SMILES string of the molecule is CCn1c(NC(=O)C(C)n2cnc3c(N)ncnc32)nc2cc(C)ccc21. The molecule has 0 fully saturated rings. The van der Waals surface area contributed by atoms with Gasteiger partial charge in [-0.2, -0.15) is 0 Å². The summed E-state index contributed by atoms with van der Waals surface area (Å²) in [7, 11) is 0. The van der Waals surface area contributed by atoms with Gasteiger partial charge < -0.3 is 14.9 Å². The highest BCUT2D eigenvalue weighted by Crippen LogP contribution is 2.23. The number of hydrogen-bond acceptors (Lipinski definition) is 6. The van der Waals surface area contributed by atoms with Crippen LogP contribution in [0, 0.1) is 6.92 Å². The second-order valence-electron chi connectivity index (χ2n) is 6.42. The molecular formula is C18H20N8O. The monoisotopic (exact) mass is 364 g/mol. The van der Waals surface area contributed by atoms with Crippen molar-refractivity contribution < 1.29 is 4.79 Å². The summed E-state index contributed by atoms with van der Waals surface area (Å²) >= 11 is 0. The van der Waals surface area contributed by atoms with E-state index < -0.39 is 6.04 Å². The van der Waals surface area contributed by atoms with Gasteiger partial charge in [-0.25, -0.2) is 19.9 Å². The van der Waals surface area contributed by atoms with Crippen molar-refractivity contribution in [3.8, 4) is 0 Å². The third kappa shape index (κ3) is 2.77. The quantitative estimate of drug-likeness (QED) is 0.574. The van der Waals surface area contributed by atoms with Crippen molar-refractivity contribution in [2.75, 3.05) is 11.1 Å². The Hall–Kier alpha value is -3.49. The lowest BCUT2D eigenvalue weighted by Gasteiger charge is -2.14. The highest BCUT2D eigenvalue weighted by molar-refractivity contribution is 5.95. The van der Waals surface area contributed by atoms with Crippen LogP contribution in [0.1, 0.15) is 25.5 Å². The van der Waals surface area contributed by atoms with E-state index in [0.29, 0.717) is 23.7 Å². The lowest BCUT2D eigenvalue weighted by molar-refractivity contribution is -0.118. The number of nitrogen functional groups attached to an aromatic ring is 1. The summed E-state index contributed by atoms with van der Waals surface area (Å²) in [5, 5.41) is 2.93. The van der Waals surface area contributed by atoms with Gasteiger partial charge in [0.25, 0.3) is 0 Å². The van der Waals surface area contributed by atoms with Gasteiger partial charge in [0.1, 0.15) is 17.9 Å². The van der Waals surface area contributed by atoms with Gasteiger partial charge in [-0.15, -0.1) is 0 Å². The van der Waals surface area contributed by atoms with Crippen LogP contribution in [0.15, 0.2) is 30.9 Å². The molecule has 27 heavy (non-hydrogen) atoms. The summed E-state index contributed by atoms with van der Waals surface area (Å²) in [5.41, 5.74) is 9.78. The van der Waals surface area contributed by atoms with E-state index in [9.17, 15) is 4.79 Å². The summed E-state index contributed by atoms with van der Waals surface area (Å²) in [6, 6.07) is 5.51. The fourth-order valence-electron chi connectivity index (χ4n) is 3.15. The summed E-state index contributed by atoms with van der Waals surface area (Å²) in [6.07, 6.45) is 2.91. The van der Waals surface area contributed by atoms with Crippen molar-refractivity contribution in [1.29, 1.82) is 0 Å². The maximum atomic E-state index is 12.9. The van der Waals surface area contributed by atoms with Crippen LogP contribution in [0.25, 0.3) is 22.2 Å². The fourth-order valence-corrected chi connectivity index (χ4v) is 3.15. The molecule has 0 saturated heterocycles.